The van der Waals surface area contributed by atoms with Crippen LogP contribution in [0.4, 0.5) is 0 Å². The molecule has 0 spiro atoms. The third-order valence-electron chi connectivity index (χ3n) is 5.32. The fourth-order valence-corrected chi connectivity index (χ4v) is 4.00. The first-order valence-electron chi connectivity index (χ1n) is 10.2. The van der Waals surface area contributed by atoms with Gasteiger partial charge in [-0.15, -0.1) is 0 Å². The van der Waals surface area contributed by atoms with E-state index in [1.807, 2.05) is 24.3 Å². The maximum absolute atomic E-state index is 13.1. The van der Waals surface area contributed by atoms with Gasteiger partial charge in [-0.25, -0.2) is 0 Å². The second-order valence-corrected chi connectivity index (χ2v) is 8.86. The van der Waals surface area contributed by atoms with Gasteiger partial charge < -0.3 is 15.0 Å². The smallest absolute Gasteiger partial charge is 0.261 e. The lowest BCUT2D eigenvalue weighted by Gasteiger charge is -2.29. The Morgan fingerprint density at radius 3 is 2.50 bits per heavy atom. The Labute approximate surface area is 190 Å². The van der Waals surface area contributed by atoms with Gasteiger partial charge in [-0.05, 0) is 49.6 Å². The zero-order valence-corrected chi connectivity index (χ0v) is 19.3. The van der Waals surface area contributed by atoms with Crippen molar-refractivity contribution in [3.8, 4) is 5.75 Å². The highest BCUT2D eigenvalue weighted by molar-refractivity contribution is 9.10. The minimum Gasteiger partial charge on any atom is -0.482 e. The Morgan fingerprint density at radius 1 is 1.17 bits per heavy atom. The van der Waals surface area contributed by atoms with E-state index in [9.17, 15) is 9.59 Å². The number of rotatable bonds is 8. The standard InChI is InChI=1S/C23H26BrClN2O3/c1-16(23(29)26-19-6-2-3-7-19)27(14-17-10-12-18(24)13-11-17)22(28)15-30-21-9-5-4-8-20(21)25/h4-5,8-13,16,19H,2-3,6-7,14-15H2,1H3,(H,26,29)/t16-/m0/s1. The van der Waals surface area contributed by atoms with Crippen LogP contribution in [0.3, 0.4) is 0 Å². The molecule has 0 aliphatic heterocycles. The van der Waals surface area contributed by atoms with Gasteiger partial charge >= 0.3 is 0 Å². The van der Waals surface area contributed by atoms with E-state index >= 15 is 0 Å². The van der Waals surface area contributed by atoms with Crippen molar-refractivity contribution in [3.05, 3.63) is 63.6 Å². The molecule has 0 heterocycles. The summed E-state index contributed by atoms with van der Waals surface area (Å²) in [6.07, 6.45) is 4.25. The minimum absolute atomic E-state index is 0.134. The highest BCUT2D eigenvalue weighted by Crippen LogP contribution is 2.23. The zero-order valence-electron chi connectivity index (χ0n) is 16.9. The summed E-state index contributed by atoms with van der Waals surface area (Å²) in [7, 11) is 0. The highest BCUT2D eigenvalue weighted by atomic mass is 79.9. The molecule has 2 amide bonds. The van der Waals surface area contributed by atoms with Gasteiger partial charge in [0.2, 0.25) is 5.91 Å². The van der Waals surface area contributed by atoms with Gasteiger partial charge in [0.1, 0.15) is 11.8 Å². The quantitative estimate of drug-likeness (QED) is 0.566. The lowest BCUT2D eigenvalue weighted by Crippen LogP contribution is -2.50. The van der Waals surface area contributed by atoms with E-state index in [1.165, 1.54) is 0 Å². The second-order valence-electron chi connectivity index (χ2n) is 7.53. The topological polar surface area (TPSA) is 58.6 Å². The molecule has 0 bridgehead atoms. The Kier molecular flexibility index (Phi) is 8.16. The van der Waals surface area contributed by atoms with Crippen LogP contribution in [-0.4, -0.2) is 35.4 Å². The van der Waals surface area contributed by atoms with Crippen LogP contribution in [0, 0.1) is 0 Å². The average Bonchev–Trinajstić information content (AvgIpc) is 3.25. The summed E-state index contributed by atoms with van der Waals surface area (Å²) >= 11 is 9.54. The maximum Gasteiger partial charge on any atom is 0.261 e. The number of amides is 2. The predicted molar refractivity (Wildman–Crippen MR) is 121 cm³/mol. The molecule has 7 heteroatoms. The van der Waals surface area contributed by atoms with Gasteiger partial charge in [-0.3, -0.25) is 9.59 Å². The number of halogens is 2. The van der Waals surface area contributed by atoms with E-state index in [0.29, 0.717) is 17.3 Å². The van der Waals surface area contributed by atoms with E-state index in [0.717, 1.165) is 35.7 Å². The summed E-state index contributed by atoms with van der Waals surface area (Å²) < 4.78 is 6.59. The Balaban J connectivity index is 1.71. The van der Waals surface area contributed by atoms with Crippen LogP contribution in [-0.2, 0) is 16.1 Å². The normalized spacial score (nSPS) is 14.9. The van der Waals surface area contributed by atoms with Crippen molar-refractivity contribution >= 4 is 39.3 Å². The van der Waals surface area contributed by atoms with Gasteiger partial charge in [0.25, 0.3) is 5.91 Å². The number of ether oxygens (including phenoxy) is 1. The monoisotopic (exact) mass is 492 g/mol. The van der Waals surface area contributed by atoms with E-state index in [1.54, 1.807) is 36.1 Å². The Bertz CT molecular complexity index is 869. The van der Waals surface area contributed by atoms with E-state index in [2.05, 4.69) is 21.2 Å². The summed E-state index contributed by atoms with van der Waals surface area (Å²) in [4.78, 5) is 27.5. The lowest BCUT2D eigenvalue weighted by atomic mass is 10.1. The summed E-state index contributed by atoms with van der Waals surface area (Å²) in [6, 6.07) is 14.3. The molecule has 0 unspecified atom stereocenters. The van der Waals surface area contributed by atoms with Crippen molar-refractivity contribution in [3.63, 3.8) is 0 Å². The summed E-state index contributed by atoms with van der Waals surface area (Å²) in [5.41, 5.74) is 0.935. The van der Waals surface area contributed by atoms with Crippen molar-refractivity contribution in [2.24, 2.45) is 0 Å². The third kappa shape index (κ3) is 6.22. The minimum atomic E-state index is -0.614. The van der Waals surface area contributed by atoms with E-state index < -0.39 is 6.04 Å². The van der Waals surface area contributed by atoms with Gasteiger partial charge in [-0.2, -0.15) is 0 Å². The van der Waals surface area contributed by atoms with Gasteiger partial charge in [0.05, 0.1) is 5.02 Å². The zero-order chi connectivity index (χ0) is 21.5. The molecule has 5 nitrogen and oxygen atoms in total. The van der Waals surface area contributed by atoms with Crippen LogP contribution < -0.4 is 10.1 Å². The summed E-state index contributed by atoms with van der Waals surface area (Å²) in [5, 5.41) is 3.53. The van der Waals surface area contributed by atoms with Crippen molar-refractivity contribution in [1.82, 2.24) is 10.2 Å². The van der Waals surface area contributed by atoms with Crippen LogP contribution in [0.2, 0.25) is 5.02 Å². The fourth-order valence-electron chi connectivity index (χ4n) is 3.55. The number of nitrogens with zero attached hydrogens (tertiary/aromatic N) is 1. The molecular formula is C23H26BrClN2O3. The van der Waals surface area contributed by atoms with Gasteiger partial charge in [-0.1, -0.05) is 64.6 Å². The fraction of sp³-hybridized carbons (Fsp3) is 0.391. The van der Waals surface area contributed by atoms with Gasteiger partial charge in [0, 0.05) is 17.1 Å². The van der Waals surface area contributed by atoms with Crippen LogP contribution in [0.1, 0.15) is 38.2 Å². The molecule has 1 fully saturated rings. The molecule has 1 N–H and O–H groups in total. The van der Waals surface area contributed by atoms with E-state index in [4.69, 9.17) is 16.3 Å². The average molecular weight is 494 g/mol. The molecule has 0 saturated heterocycles. The second kappa shape index (κ2) is 10.8. The van der Waals surface area contributed by atoms with Crippen molar-refractivity contribution in [2.75, 3.05) is 6.61 Å². The maximum atomic E-state index is 13.1. The molecule has 1 aliphatic carbocycles. The molecular weight excluding hydrogens is 468 g/mol. The molecule has 2 aromatic rings. The molecule has 30 heavy (non-hydrogen) atoms. The van der Waals surface area contributed by atoms with E-state index in [-0.39, 0.29) is 24.5 Å². The molecule has 1 aliphatic rings. The number of hydrogen-bond acceptors (Lipinski definition) is 3. The van der Waals surface area contributed by atoms with Crippen molar-refractivity contribution < 1.29 is 14.3 Å². The summed E-state index contributed by atoms with van der Waals surface area (Å²) in [5.74, 6) is 0.0381. The molecule has 160 valence electrons. The van der Waals surface area contributed by atoms with Crippen LogP contribution in [0.5, 0.6) is 5.75 Å². The SMILES string of the molecule is C[C@@H](C(=O)NC1CCCC1)N(Cc1ccc(Br)cc1)C(=O)COc1ccccc1Cl. The number of carbonyl (C=O) groups excluding carboxylic acids is 2. The van der Waals surface area contributed by atoms with Crippen molar-refractivity contribution in [1.29, 1.82) is 0 Å². The predicted octanol–water partition coefficient (Wildman–Crippen LogP) is 4.96. The Morgan fingerprint density at radius 2 is 1.83 bits per heavy atom. The first kappa shape index (κ1) is 22.6. The molecule has 0 radical (unpaired) electrons. The van der Waals surface area contributed by atoms with Crippen LogP contribution in [0.15, 0.2) is 53.0 Å². The van der Waals surface area contributed by atoms with Crippen LogP contribution in [0.25, 0.3) is 0 Å². The molecule has 1 atom stereocenters. The first-order valence-corrected chi connectivity index (χ1v) is 11.3. The lowest BCUT2D eigenvalue weighted by molar-refractivity contribution is -0.142. The Hall–Kier alpha value is -2.05. The molecule has 1 saturated carbocycles. The third-order valence-corrected chi connectivity index (χ3v) is 6.16. The largest absolute Gasteiger partial charge is 0.482 e. The number of nitrogens with one attached hydrogen (secondary N) is 1. The van der Waals surface area contributed by atoms with Gasteiger partial charge in [0.15, 0.2) is 6.61 Å². The first-order chi connectivity index (χ1) is 14.4. The number of para-hydroxylation sites is 1. The molecule has 0 aromatic heterocycles. The summed E-state index contributed by atoms with van der Waals surface area (Å²) in [6.45, 7) is 1.88. The molecule has 2 aromatic carbocycles. The molecule has 3 rings (SSSR count). The highest BCUT2D eigenvalue weighted by Gasteiger charge is 2.28. The number of carbonyl (C=O) groups is 2. The number of hydrogen-bond donors (Lipinski definition) is 1. The number of benzene rings is 2. The van der Waals surface area contributed by atoms with Crippen LogP contribution >= 0.6 is 27.5 Å². The van der Waals surface area contributed by atoms with Crippen molar-refractivity contribution in [2.45, 2.75) is 51.2 Å².